The Labute approximate surface area is 97.9 Å². The maximum atomic E-state index is 5.82. The largest absolute Gasteiger partial charge is 0.493 e. The van der Waals surface area contributed by atoms with Gasteiger partial charge in [0.05, 0.1) is 12.3 Å². The molecule has 0 radical (unpaired) electrons. The summed E-state index contributed by atoms with van der Waals surface area (Å²) in [6.45, 7) is 0.506. The van der Waals surface area contributed by atoms with E-state index in [0.717, 1.165) is 11.4 Å². The highest BCUT2D eigenvalue weighted by atomic mass is 35.5. The number of benzene rings is 1. The van der Waals surface area contributed by atoms with Crippen molar-refractivity contribution in [3.63, 3.8) is 0 Å². The summed E-state index contributed by atoms with van der Waals surface area (Å²) >= 11 is 5.82. The van der Waals surface area contributed by atoms with E-state index in [4.69, 9.17) is 26.6 Å². The number of nitrogens with zero attached hydrogens (tertiary/aromatic N) is 1. The highest BCUT2D eigenvalue weighted by Crippen LogP contribution is 2.17. The van der Waals surface area contributed by atoms with Gasteiger partial charge in [0.2, 0.25) is 5.88 Å². The Hall–Kier alpha value is -1.68. The molecule has 0 bridgehead atoms. The van der Waals surface area contributed by atoms with Crippen molar-refractivity contribution in [2.45, 2.75) is 6.42 Å². The quantitative estimate of drug-likeness (QED) is 0.889. The molecule has 0 aliphatic rings. The molecule has 2 N–H and O–H groups in total. The number of anilines is 1. The van der Waals surface area contributed by atoms with Crippen LogP contribution in [-0.2, 0) is 6.42 Å². The number of ether oxygens (including phenoxy) is 1. The predicted molar refractivity (Wildman–Crippen MR) is 61.6 cm³/mol. The van der Waals surface area contributed by atoms with Gasteiger partial charge in [0.25, 0.3) is 0 Å². The van der Waals surface area contributed by atoms with E-state index in [1.807, 2.05) is 12.1 Å². The third-order valence-electron chi connectivity index (χ3n) is 2.00. The summed E-state index contributed by atoms with van der Waals surface area (Å²) in [5, 5.41) is 4.41. The molecular weight excluding hydrogens is 228 g/mol. The minimum Gasteiger partial charge on any atom is -0.493 e. The number of hydrogen-bond donors (Lipinski definition) is 1. The van der Waals surface area contributed by atoms with Crippen LogP contribution in [0.15, 0.2) is 34.9 Å². The van der Waals surface area contributed by atoms with Crippen molar-refractivity contribution in [1.29, 1.82) is 0 Å². The topological polar surface area (TPSA) is 61.3 Å². The van der Waals surface area contributed by atoms with Gasteiger partial charge in [-0.05, 0) is 18.2 Å². The Kier molecular flexibility index (Phi) is 3.31. The Bertz CT molecular complexity index is 471. The molecule has 0 saturated carbocycles. The van der Waals surface area contributed by atoms with Crippen LogP contribution in [0.4, 0.5) is 5.88 Å². The fourth-order valence-corrected chi connectivity index (χ4v) is 1.46. The second-order valence-corrected chi connectivity index (χ2v) is 3.71. The lowest BCUT2D eigenvalue weighted by molar-refractivity contribution is 0.316. The molecular formula is C11H11ClN2O2. The molecule has 84 valence electrons. The lowest BCUT2D eigenvalue weighted by Gasteiger charge is -2.04. The molecule has 1 aromatic carbocycles. The maximum absolute atomic E-state index is 5.82. The molecule has 0 saturated heterocycles. The summed E-state index contributed by atoms with van der Waals surface area (Å²) in [6.07, 6.45) is 0.646. The fourth-order valence-electron chi connectivity index (χ4n) is 1.28. The van der Waals surface area contributed by atoms with Gasteiger partial charge in [-0.2, -0.15) is 0 Å². The number of nitrogen functional groups attached to an aromatic ring is 1. The van der Waals surface area contributed by atoms with Gasteiger partial charge in [-0.1, -0.05) is 22.8 Å². The number of halogens is 1. The van der Waals surface area contributed by atoms with Crippen molar-refractivity contribution in [3.05, 3.63) is 41.0 Å². The molecule has 16 heavy (non-hydrogen) atoms. The first-order chi connectivity index (χ1) is 7.74. The van der Waals surface area contributed by atoms with E-state index in [-0.39, 0.29) is 0 Å². The molecule has 0 amide bonds. The number of aromatic nitrogens is 1. The van der Waals surface area contributed by atoms with Gasteiger partial charge in [0.15, 0.2) is 0 Å². The van der Waals surface area contributed by atoms with E-state index in [1.54, 1.807) is 18.2 Å². The molecule has 0 unspecified atom stereocenters. The highest BCUT2D eigenvalue weighted by molar-refractivity contribution is 6.30. The van der Waals surface area contributed by atoms with Gasteiger partial charge in [0, 0.05) is 17.5 Å². The van der Waals surface area contributed by atoms with Crippen LogP contribution < -0.4 is 10.5 Å². The molecule has 4 nitrogen and oxygen atoms in total. The summed E-state index contributed by atoms with van der Waals surface area (Å²) in [4.78, 5) is 0. The monoisotopic (exact) mass is 238 g/mol. The first-order valence-electron chi connectivity index (χ1n) is 4.83. The molecule has 2 rings (SSSR count). The van der Waals surface area contributed by atoms with Crippen molar-refractivity contribution in [2.75, 3.05) is 12.3 Å². The Morgan fingerprint density at radius 1 is 1.38 bits per heavy atom. The molecule has 0 aliphatic heterocycles. The van der Waals surface area contributed by atoms with Gasteiger partial charge in [0.1, 0.15) is 5.75 Å². The molecule has 0 fully saturated rings. The second kappa shape index (κ2) is 4.90. The van der Waals surface area contributed by atoms with Crippen LogP contribution in [0, 0.1) is 0 Å². The average molecular weight is 239 g/mol. The molecule has 1 heterocycles. The summed E-state index contributed by atoms with van der Waals surface area (Å²) in [6, 6.07) is 8.93. The minimum atomic E-state index is 0.317. The molecule has 1 aromatic heterocycles. The molecule has 2 aromatic rings. The van der Waals surface area contributed by atoms with Gasteiger partial charge < -0.3 is 15.0 Å². The van der Waals surface area contributed by atoms with Crippen molar-refractivity contribution in [2.24, 2.45) is 0 Å². The summed E-state index contributed by atoms with van der Waals surface area (Å²) in [5.74, 6) is 1.06. The lowest BCUT2D eigenvalue weighted by atomic mass is 10.3. The van der Waals surface area contributed by atoms with E-state index < -0.39 is 0 Å². The van der Waals surface area contributed by atoms with Crippen LogP contribution in [0.25, 0.3) is 0 Å². The van der Waals surface area contributed by atoms with Crippen LogP contribution in [-0.4, -0.2) is 11.8 Å². The lowest BCUT2D eigenvalue weighted by Crippen LogP contribution is -2.01. The number of hydrogen-bond acceptors (Lipinski definition) is 4. The van der Waals surface area contributed by atoms with E-state index in [1.165, 1.54) is 0 Å². The van der Waals surface area contributed by atoms with Crippen molar-refractivity contribution in [3.8, 4) is 5.75 Å². The Morgan fingerprint density at radius 3 is 2.94 bits per heavy atom. The van der Waals surface area contributed by atoms with Crippen molar-refractivity contribution < 1.29 is 9.26 Å². The maximum Gasteiger partial charge on any atom is 0.222 e. The standard InChI is InChI=1S/C11H11ClN2O2/c12-8-2-1-3-10(6-8)15-5-4-9-7-11(13)16-14-9/h1-3,6-7H,4-5,13H2. The van der Waals surface area contributed by atoms with Crippen LogP contribution in [0.3, 0.4) is 0 Å². The van der Waals surface area contributed by atoms with E-state index in [0.29, 0.717) is 23.9 Å². The number of nitrogens with two attached hydrogens (primary N) is 1. The van der Waals surface area contributed by atoms with Gasteiger partial charge in [-0.3, -0.25) is 0 Å². The summed E-state index contributed by atoms with van der Waals surface area (Å²) in [7, 11) is 0. The van der Waals surface area contributed by atoms with Crippen LogP contribution in [0.2, 0.25) is 5.02 Å². The molecule has 0 atom stereocenters. The first-order valence-corrected chi connectivity index (χ1v) is 5.21. The molecule has 5 heteroatoms. The highest BCUT2D eigenvalue weighted by Gasteiger charge is 2.01. The van der Waals surface area contributed by atoms with Crippen LogP contribution in [0.1, 0.15) is 5.69 Å². The van der Waals surface area contributed by atoms with E-state index in [9.17, 15) is 0 Å². The number of rotatable bonds is 4. The van der Waals surface area contributed by atoms with E-state index in [2.05, 4.69) is 5.16 Å². The zero-order valence-electron chi connectivity index (χ0n) is 8.52. The summed E-state index contributed by atoms with van der Waals surface area (Å²) in [5.41, 5.74) is 6.17. The van der Waals surface area contributed by atoms with Crippen LogP contribution >= 0.6 is 11.6 Å². The van der Waals surface area contributed by atoms with Crippen molar-refractivity contribution in [1.82, 2.24) is 5.16 Å². The average Bonchev–Trinajstić information content (AvgIpc) is 2.64. The van der Waals surface area contributed by atoms with Gasteiger partial charge >= 0.3 is 0 Å². The smallest absolute Gasteiger partial charge is 0.222 e. The van der Waals surface area contributed by atoms with Gasteiger partial charge in [-0.15, -0.1) is 0 Å². The Morgan fingerprint density at radius 2 is 2.25 bits per heavy atom. The third-order valence-corrected chi connectivity index (χ3v) is 2.24. The zero-order valence-corrected chi connectivity index (χ0v) is 9.28. The van der Waals surface area contributed by atoms with Crippen LogP contribution in [0.5, 0.6) is 5.75 Å². The summed E-state index contributed by atoms with van der Waals surface area (Å²) < 4.78 is 10.2. The molecule has 0 aliphatic carbocycles. The zero-order chi connectivity index (χ0) is 11.4. The third kappa shape index (κ3) is 2.90. The SMILES string of the molecule is Nc1cc(CCOc2cccc(Cl)c2)no1. The predicted octanol–water partition coefficient (Wildman–Crippen LogP) is 2.53. The first kappa shape index (κ1) is 10.8. The molecule has 0 spiro atoms. The van der Waals surface area contributed by atoms with Gasteiger partial charge in [-0.25, -0.2) is 0 Å². The van der Waals surface area contributed by atoms with Crippen molar-refractivity contribution >= 4 is 17.5 Å². The second-order valence-electron chi connectivity index (χ2n) is 3.28. The normalized spacial score (nSPS) is 10.3. The Balaban J connectivity index is 1.84. The minimum absolute atomic E-state index is 0.317. The van der Waals surface area contributed by atoms with E-state index >= 15 is 0 Å². The fraction of sp³-hybridized carbons (Fsp3) is 0.182.